The van der Waals surface area contributed by atoms with E-state index in [2.05, 4.69) is 229 Å². The van der Waals surface area contributed by atoms with Crippen molar-refractivity contribution in [2.24, 2.45) is 0 Å². The third-order valence-electron chi connectivity index (χ3n) is 12.5. The van der Waals surface area contributed by atoms with Crippen LogP contribution in [0.1, 0.15) is 29.5 Å². The first-order valence-electron chi connectivity index (χ1n) is 19.3. The van der Waals surface area contributed by atoms with Crippen LogP contribution in [0.25, 0.3) is 0 Å². The summed E-state index contributed by atoms with van der Waals surface area (Å²) in [6.45, 7) is 0. The van der Waals surface area contributed by atoms with Gasteiger partial charge in [-0.15, -0.1) is 0 Å². The van der Waals surface area contributed by atoms with Gasteiger partial charge in [-0.3, -0.25) is 0 Å². The molecule has 0 unspecified atom stereocenters. The summed E-state index contributed by atoms with van der Waals surface area (Å²) >= 11 is -6.81. The van der Waals surface area contributed by atoms with E-state index < -0.39 is 30.6 Å². The molecule has 0 radical (unpaired) electrons. The fourth-order valence-corrected chi connectivity index (χ4v) is 30.0. The fraction of sp³-hybridized carbons (Fsp3) is 0.137. The molecule has 8 rings (SSSR count). The number of benzene rings is 6. The zero-order chi connectivity index (χ0) is 36.5. The molecule has 2 aliphatic carbocycles. The van der Waals surface area contributed by atoms with Crippen LogP contribution in [0.2, 0.25) is 10.5 Å². The second kappa shape index (κ2) is 16.0. The van der Waals surface area contributed by atoms with Crippen LogP contribution in [0.15, 0.2) is 226 Å². The van der Waals surface area contributed by atoms with Crippen molar-refractivity contribution in [1.82, 2.24) is 0 Å². The minimum absolute atomic E-state index is 1.05. The van der Waals surface area contributed by atoms with Crippen molar-refractivity contribution in [2.75, 3.05) is 0 Å². The Bertz CT molecular complexity index is 2010. The summed E-state index contributed by atoms with van der Waals surface area (Å²) in [6.07, 6.45) is 16.2. The first-order chi connectivity index (χ1) is 25.9. The average Bonchev–Trinajstić information content (AvgIpc) is 3.98. The van der Waals surface area contributed by atoms with Crippen molar-refractivity contribution in [3.63, 3.8) is 0 Å². The number of hydrogen-bond acceptors (Lipinski definition) is 0. The van der Waals surface area contributed by atoms with E-state index in [1.165, 1.54) is 42.5 Å². The molecular formula is C51H52Ti2. The maximum absolute atomic E-state index is 3.63. The van der Waals surface area contributed by atoms with Crippen molar-refractivity contribution >= 4 is 11.6 Å². The molecule has 0 atom stereocenters. The average molecular weight is 761 g/mol. The van der Waals surface area contributed by atoms with Crippen molar-refractivity contribution in [3.05, 3.63) is 243 Å². The Morgan fingerprint density at radius 3 is 0.925 bits per heavy atom. The van der Waals surface area contributed by atoms with Crippen LogP contribution in [-0.4, -0.2) is 0 Å². The molecule has 264 valence electrons. The first kappa shape index (κ1) is 37.0. The Balaban J connectivity index is 0.000000165. The van der Waals surface area contributed by atoms with Gasteiger partial charge in [0.2, 0.25) is 0 Å². The predicted octanol–water partition coefficient (Wildman–Crippen LogP) is 11.7. The van der Waals surface area contributed by atoms with Crippen LogP contribution in [0.4, 0.5) is 0 Å². The fourth-order valence-electron chi connectivity index (χ4n) is 9.66. The molecule has 0 spiro atoms. The van der Waals surface area contributed by atoms with E-state index in [1.807, 2.05) is 0 Å². The van der Waals surface area contributed by atoms with Crippen molar-refractivity contribution in [3.8, 4) is 0 Å². The van der Waals surface area contributed by atoms with Gasteiger partial charge in [0.25, 0.3) is 0 Å². The monoisotopic (exact) mass is 760 g/mol. The Kier molecular flexibility index (Phi) is 11.2. The zero-order valence-electron chi connectivity index (χ0n) is 31.3. The third kappa shape index (κ3) is 7.44. The molecule has 0 aromatic heterocycles. The Morgan fingerprint density at radius 1 is 0.358 bits per heavy atom. The number of rotatable bonds is 11. The van der Waals surface area contributed by atoms with Gasteiger partial charge in [0.05, 0.1) is 0 Å². The molecule has 0 heterocycles. The van der Waals surface area contributed by atoms with Gasteiger partial charge in [-0.25, -0.2) is 0 Å². The van der Waals surface area contributed by atoms with E-state index in [4.69, 9.17) is 0 Å². The summed E-state index contributed by atoms with van der Waals surface area (Å²) in [7, 11) is 0. The van der Waals surface area contributed by atoms with Gasteiger partial charge >= 0.3 is 323 Å². The van der Waals surface area contributed by atoms with Gasteiger partial charge in [0.1, 0.15) is 0 Å². The van der Waals surface area contributed by atoms with Gasteiger partial charge in [-0.2, -0.15) is 0 Å². The Hall–Kier alpha value is -4.29. The molecule has 6 aromatic carbocycles. The predicted molar refractivity (Wildman–Crippen MR) is 224 cm³/mol. The zero-order valence-corrected chi connectivity index (χ0v) is 34.4. The topological polar surface area (TPSA) is 0 Å². The SMILES string of the molecule is [CH3][Ti]([CH2]c1ccccc1)([CH2]c1ccccc1)([CH2]c1ccccc1)[C]1=CC=CC1.[CH3][Ti]([C]1=CC=CC1)([c]1ccccc1)([c]1ccccc1)[c]1ccccc1. The molecule has 0 amide bonds. The van der Waals surface area contributed by atoms with Crippen LogP contribution in [0.5, 0.6) is 0 Å². The van der Waals surface area contributed by atoms with Crippen LogP contribution >= 0.6 is 0 Å². The van der Waals surface area contributed by atoms with Crippen molar-refractivity contribution in [2.45, 2.75) is 37.5 Å². The van der Waals surface area contributed by atoms with E-state index in [0.717, 1.165) is 12.8 Å². The minimum atomic E-state index is -3.63. The second-order valence-electron chi connectivity index (χ2n) is 16.1. The summed E-state index contributed by atoms with van der Waals surface area (Å²) in [4.78, 5) is 0. The summed E-state index contributed by atoms with van der Waals surface area (Å²) in [5, 5.41) is 5.28. The van der Waals surface area contributed by atoms with E-state index in [1.54, 1.807) is 7.76 Å². The molecule has 0 saturated carbocycles. The van der Waals surface area contributed by atoms with Gasteiger partial charge in [-0.05, 0) is 0 Å². The normalized spacial score (nSPS) is 15.2. The van der Waals surface area contributed by atoms with E-state index in [9.17, 15) is 0 Å². The molecule has 53 heavy (non-hydrogen) atoms. The molecule has 0 N–H and O–H groups in total. The molecular weight excluding hydrogens is 708 g/mol. The number of hydrogen-bond donors (Lipinski definition) is 0. The van der Waals surface area contributed by atoms with Gasteiger partial charge < -0.3 is 0 Å². The quantitative estimate of drug-likeness (QED) is 0.115. The van der Waals surface area contributed by atoms with Gasteiger partial charge in [0, 0.05) is 0 Å². The molecule has 0 fully saturated rings. The van der Waals surface area contributed by atoms with E-state index >= 15 is 0 Å². The first-order valence-corrected chi connectivity index (χ1v) is 29.6. The van der Waals surface area contributed by atoms with Crippen molar-refractivity contribution < 1.29 is 30.6 Å². The Morgan fingerprint density at radius 2 is 0.642 bits per heavy atom. The van der Waals surface area contributed by atoms with Crippen LogP contribution in [-0.2, 0) is 44.8 Å². The standard InChI is InChI=1S/3C7H7.3C6H5.2C5H5.2CH3.2Ti/c3*1-7-5-3-2-4-6-7;3*1-2-4-6-5-3-1;2*1-2-4-5-3-1;;;;/h3*2-6H,1H2;3*1-5H;2*1-3H,4H2;2*1H3;;. The van der Waals surface area contributed by atoms with E-state index in [0.29, 0.717) is 0 Å². The molecule has 0 nitrogen and oxygen atoms in total. The summed E-state index contributed by atoms with van der Waals surface area (Å²) in [5.74, 6) is 0. The second-order valence-corrected chi connectivity index (χ2v) is 36.0. The summed E-state index contributed by atoms with van der Waals surface area (Å²) < 4.78 is 11.5. The summed E-state index contributed by atoms with van der Waals surface area (Å²) in [5.41, 5.74) is 4.46. The molecule has 2 aliphatic rings. The molecule has 0 aliphatic heterocycles. The molecule has 2 heteroatoms. The van der Waals surface area contributed by atoms with Crippen LogP contribution < -0.4 is 11.6 Å². The molecule has 0 saturated heterocycles. The Labute approximate surface area is 320 Å². The third-order valence-corrected chi connectivity index (χ3v) is 34.4. The van der Waals surface area contributed by atoms with Crippen molar-refractivity contribution in [1.29, 1.82) is 0 Å². The van der Waals surface area contributed by atoms with Gasteiger partial charge in [0.15, 0.2) is 0 Å². The molecule has 6 aromatic rings. The van der Waals surface area contributed by atoms with E-state index in [-0.39, 0.29) is 0 Å². The van der Waals surface area contributed by atoms with Gasteiger partial charge in [-0.1, -0.05) is 0 Å². The van der Waals surface area contributed by atoms with Crippen LogP contribution in [0, 0.1) is 0 Å². The maximum atomic E-state index is 2.70. The molecule has 0 bridgehead atoms. The van der Waals surface area contributed by atoms with Crippen LogP contribution in [0.3, 0.4) is 0 Å². The summed E-state index contributed by atoms with van der Waals surface area (Å²) in [6, 6.07) is 67.1. The number of allylic oxidation sites excluding steroid dienone is 8.